The van der Waals surface area contributed by atoms with Crippen LogP contribution in [0.15, 0.2) is 24.5 Å². The lowest BCUT2D eigenvalue weighted by atomic mass is 10.3. The van der Waals surface area contributed by atoms with E-state index >= 15 is 0 Å². The summed E-state index contributed by atoms with van der Waals surface area (Å²) in [5.74, 6) is 0. The molecule has 18 heavy (non-hydrogen) atoms. The van der Waals surface area contributed by atoms with E-state index in [1.54, 1.807) is 12.4 Å². The van der Waals surface area contributed by atoms with Crippen LogP contribution in [0.4, 0.5) is 10.5 Å². The fourth-order valence-corrected chi connectivity index (χ4v) is 1.74. The first-order valence-electron chi connectivity index (χ1n) is 5.84. The van der Waals surface area contributed by atoms with Crippen molar-refractivity contribution in [2.45, 2.75) is 6.92 Å². The summed E-state index contributed by atoms with van der Waals surface area (Å²) < 4.78 is 0. The van der Waals surface area contributed by atoms with Gasteiger partial charge in [0.25, 0.3) is 0 Å². The number of benzene rings is 1. The van der Waals surface area contributed by atoms with Gasteiger partial charge in [0.1, 0.15) is 0 Å². The molecule has 0 saturated carbocycles. The van der Waals surface area contributed by atoms with Crippen molar-refractivity contribution in [3.8, 4) is 0 Å². The largest absolute Gasteiger partial charge is 0.395 e. The van der Waals surface area contributed by atoms with E-state index in [2.05, 4.69) is 15.3 Å². The van der Waals surface area contributed by atoms with Gasteiger partial charge >= 0.3 is 6.03 Å². The number of aromatic amines is 1. The normalized spacial score (nSPS) is 10.6. The monoisotopic (exact) mass is 248 g/mol. The molecule has 1 heterocycles. The number of nitrogens with one attached hydrogen (secondary N) is 2. The summed E-state index contributed by atoms with van der Waals surface area (Å²) in [6, 6.07) is 5.25. The first-order chi connectivity index (χ1) is 8.74. The molecule has 0 radical (unpaired) electrons. The van der Waals surface area contributed by atoms with E-state index in [9.17, 15) is 4.79 Å². The Bertz CT molecular complexity index is 538. The third-order valence-electron chi connectivity index (χ3n) is 2.71. The quantitative estimate of drug-likeness (QED) is 0.765. The van der Waals surface area contributed by atoms with Gasteiger partial charge in [-0.2, -0.15) is 0 Å². The summed E-state index contributed by atoms with van der Waals surface area (Å²) >= 11 is 0. The van der Waals surface area contributed by atoms with Crippen molar-refractivity contribution in [3.63, 3.8) is 0 Å². The van der Waals surface area contributed by atoms with Crippen molar-refractivity contribution in [2.24, 2.45) is 0 Å². The fraction of sp³-hybridized carbons (Fsp3) is 0.333. The molecule has 0 atom stereocenters. The number of hydrogen-bond donors (Lipinski definition) is 3. The maximum Gasteiger partial charge on any atom is 0.321 e. The number of fused-ring (bicyclic) bond motifs is 1. The predicted octanol–water partition coefficient (Wildman–Crippen LogP) is 1.41. The number of likely N-dealkylation sites (N-methyl/N-ethyl adjacent to an activating group) is 1. The lowest BCUT2D eigenvalue weighted by Gasteiger charge is -2.20. The number of nitrogens with zero attached hydrogens (tertiary/aromatic N) is 2. The number of imidazole rings is 1. The van der Waals surface area contributed by atoms with Crippen molar-refractivity contribution in [2.75, 3.05) is 25.0 Å². The number of carbonyl (C=O) groups excluding carboxylic acids is 1. The smallest absolute Gasteiger partial charge is 0.321 e. The second-order valence-corrected chi connectivity index (χ2v) is 3.87. The molecule has 0 spiro atoms. The van der Waals surface area contributed by atoms with Crippen LogP contribution in [0, 0.1) is 0 Å². The second-order valence-electron chi connectivity index (χ2n) is 3.87. The van der Waals surface area contributed by atoms with Crippen molar-refractivity contribution in [1.82, 2.24) is 14.9 Å². The van der Waals surface area contributed by atoms with Gasteiger partial charge in [0.2, 0.25) is 0 Å². The second kappa shape index (κ2) is 5.50. The molecule has 0 saturated heterocycles. The topological polar surface area (TPSA) is 81.2 Å². The number of aromatic nitrogens is 2. The number of aliphatic hydroxyl groups excluding tert-OH is 1. The first-order valence-corrected chi connectivity index (χ1v) is 5.84. The van der Waals surface area contributed by atoms with E-state index in [0.29, 0.717) is 18.8 Å². The number of rotatable bonds is 4. The number of urea groups is 1. The molecule has 0 bridgehead atoms. The van der Waals surface area contributed by atoms with Crippen LogP contribution in [-0.2, 0) is 0 Å². The van der Waals surface area contributed by atoms with Crippen LogP contribution in [-0.4, -0.2) is 45.7 Å². The van der Waals surface area contributed by atoms with Gasteiger partial charge in [-0.1, -0.05) is 0 Å². The van der Waals surface area contributed by atoms with Crippen molar-refractivity contribution < 1.29 is 9.90 Å². The Morgan fingerprint density at radius 1 is 1.56 bits per heavy atom. The fourth-order valence-electron chi connectivity index (χ4n) is 1.74. The van der Waals surface area contributed by atoms with Crippen LogP contribution in [0.1, 0.15) is 6.92 Å². The number of amides is 2. The molecule has 0 aliphatic carbocycles. The van der Waals surface area contributed by atoms with Gasteiger partial charge in [-0.15, -0.1) is 0 Å². The Kier molecular flexibility index (Phi) is 3.78. The summed E-state index contributed by atoms with van der Waals surface area (Å²) in [6.07, 6.45) is 1.61. The Labute approximate surface area is 105 Å². The minimum atomic E-state index is -0.217. The van der Waals surface area contributed by atoms with Crippen molar-refractivity contribution in [1.29, 1.82) is 0 Å². The Morgan fingerprint density at radius 3 is 3.11 bits per heavy atom. The molecular weight excluding hydrogens is 232 g/mol. The van der Waals surface area contributed by atoms with Crippen LogP contribution in [0.3, 0.4) is 0 Å². The maximum atomic E-state index is 11.9. The number of H-pyrrole nitrogens is 1. The van der Waals surface area contributed by atoms with Gasteiger partial charge in [0, 0.05) is 18.8 Å². The van der Waals surface area contributed by atoms with Gasteiger partial charge in [0.05, 0.1) is 24.0 Å². The summed E-state index contributed by atoms with van der Waals surface area (Å²) in [7, 11) is 0. The molecular formula is C12H16N4O2. The van der Waals surface area contributed by atoms with Crippen molar-refractivity contribution in [3.05, 3.63) is 24.5 Å². The lowest BCUT2D eigenvalue weighted by Crippen LogP contribution is -2.36. The zero-order chi connectivity index (χ0) is 13.0. The molecule has 0 unspecified atom stereocenters. The molecule has 0 aliphatic heterocycles. The molecule has 2 aromatic rings. The molecule has 96 valence electrons. The SMILES string of the molecule is CCN(CCO)C(=O)Nc1ccc2nc[nH]c2c1. The van der Waals surface area contributed by atoms with Gasteiger partial charge in [-0.3, -0.25) is 0 Å². The summed E-state index contributed by atoms with van der Waals surface area (Å²) in [4.78, 5) is 20.5. The Balaban J connectivity index is 2.09. The highest BCUT2D eigenvalue weighted by atomic mass is 16.3. The number of carbonyl (C=O) groups is 1. The third kappa shape index (κ3) is 2.60. The molecule has 0 aliphatic rings. The van der Waals surface area contributed by atoms with Crippen LogP contribution in [0.25, 0.3) is 11.0 Å². The van der Waals surface area contributed by atoms with Crippen LogP contribution >= 0.6 is 0 Å². The summed E-state index contributed by atoms with van der Waals surface area (Å²) in [6.45, 7) is 2.71. The molecule has 2 amide bonds. The zero-order valence-electron chi connectivity index (χ0n) is 10.2. The predicted molar refractivity (Wildman–Crippen MR) is 69.4 cm³/mol. The standard InChI is InChI=1S/C12H16N4O2/c1-2-16(5-6-17)12(18)15-9-3-4-10-11(7-9)14-8-13-10/h3-4,7-8,17H,2,5-6H2,1H3,(H,13,14)(H,15,18). The Hall–Kier alpha value is -2.08. The third-order valence-corrected chi connectivity index (χ3v) is 2.71. The minimum Gasteiger partial charge on any atom is -0.395 e. The number of anilines is 1. The molecule has 3 N–H and O–H groups in total. The van der Waals surface area contributed by atoms with E-state index in [0.717, 1.165) is 11.0 Å². The molecule has 0 fully saturated rings. The van der Waals surface area contributed by atoms with E-state index in [-0.39, 0.29) is 12.6 Å². The van der Waals surface area contributed by atoms with Gasteiger partial charge in [-0.25, -0.2) is 9.78 Å². The van der Waals surface area contributed by atoms with Crippen molar-refractivity contribution >= 4 is 22.8 Å². The average molecular weight is 248 g/mol. The minimum absolute atomic E-state index is 0.0408. The lowest BCUT2D eigenvalue weighted by molar-refractivity contribution is 0.192. The highest BCUT2D eigenvalue weighted by Gasteiger charge is 2.11. The highest BCUT2D eigenvalue weighted by molar-refractivity contribution is 5.91. The summed E-state index contributed by atoms with van der Waals surface area (Å²) in [5, 5.41) is 11.6. The Morgan fingerprint density at radius 2 is 2.39 bits per heavy atom. The first kappa shape index (κ1) is 12.4. The van der Waals surface area contributed by atoms with E-state index < -0.39 is 0 Å². The van der Waals surface area contributed by atoms with Gasteiger partial charge in [-0.05, 0) is 25.1 Å². The van der Waals surface area contributed by atoms with Gasteiger partial charge < -0.3 is 20.3 Å². The average Bonchev–Trinajstić information content (AvgIpc) is 2.83. The maximum absolute atomic E-state index is 11.9. The molecule has 1 aromatic heterocycles. The van der Waals surface area contributed by atoms with E-state index in [1.807, 2.05) is 19.1 Å². The molecule has 2 rings (SSSR count). The molecule has 6 nitrogen and oxygen atoms in total. The van der Waals surface area contributed by atoms with Gasteiger partial charge in [0.15, 0.2) is 0 Å². The van der Waals surface area contributed by atoms with E-state index in [4.69, 9.17) is 5.11 Å². The van der Waals surface area contributed by atoms with Crippen LogP contribution in [0.5, 0.6) is 0 Å². The number of hydrogen-bond acceptors (Lipinski definition) is 3. The molecule has 1 aromatic carbocycles. The van der Waals surface area contributed by atoms with E-state index in [1.165, 1.54) is 4.90 Å². The molecule has 6 heteroatoms. The summed E-state index contributed by atoms with van der Waals surface area (Å²) in [5.41, 5.74) is 2.43. The zero-order valence-corrected chi connectivity index (χ0v) is 10.2. The van der Waals surface area contributed by atoms with Crippen LogP contribution < -0.4 is 5.32 Å². The highest BCUT2D eigenvalue weighted by Crippen LogP contribution is 2.15. The number of aliphatic hydroxyl groups is 1. The van der Waals surface area contributed by atoms with Crippen LogP contribution in [0.2, 0.25) is 0 Å².